The fourth-order valence-corrected chi connectivity index (χ4v) is 1.06. The van der Waals surface area contributed by atoms with Crippen LogP contribution in [0.5, 0.6) is 0 Å². The molecule has 0 aliphatic rings. The van der Waals surface area contributed by atoms with E-state index in [4.69, 9.17) is 5.21 Å². The Morgan fingerprint density at radius 3 is 2.60 bits per heavy atom. The van der Waals surface area contributed by atoms with Crippen molar-refractivity contribution < 1.29 is 10.0 Å². The van der Waals surface area contributed by atoms with Crippen LogP contribution in [0.2, 0.25) is 0 Å². The number of hydrogen-bond donors (Lipinski definition) is 2. The van der Waals surface area contributed by atoms with Crippen molar-refractivity contribution in [2.75, 3.05) is 6.54 Å². The highest BCUT2D eigenvalue weighted by molar-refractivity contribution is 5.87. The summed E-state index contributed by atoms with van der Waals surface area (Å²) in [6, 6.07) is -0.517. The predicted molar refractivity (Wildman–Crippen MR) is 55.9 cm³/mol. The number of carbonyl (C=O) groups excluding carboxylic acids is 1. The van der Waals surface area contributed by atoms with Gasteiger partial charge in [-0.2, -0.15) is 0 Å². The van der Waals surface area contributed by atoms with Gasteiger partial charge in [0.2, 0.25) is 5.91 Å². The van der Waals surface area contributed by atoms with Crippen LogP contribution in [0.25, 0.3) is 0 Å². The smallest absolute Gasteiger partial charge is 0.243 e. The number of rotatable bonds is 6. The second-order valence-electron chi connectivity index (χ2n) is 3.46. The molecule has 0 aromatic rings. The molecule has 86 valence electrons. The first-order valence-electron chi connectivity index (χ1n) is 4.74. The highest BCUT2D eigenvalue weighted by atomic mass is 16.6. The molecule has 0 aromatic carbocycles. The molecule has 0 saturated carbocycles. The van der Waals surface area contributed by atoms with E-state index in [9.17, 15) is 9.70 Å². The standard InChI is InChI=1S/C9H17N3O3/c1-4-5-9(13)10-6-8(7(2)3)12(15)11-14/h4-5,7-8,15H,6H2,1-3H3,(H,10,13)/b5-4+. The molecule has 1 atom stereocenters. The third-order valence-electron chi connectivity index (χ3n) is 1.95. The minimum absolute atomic E-state index is 0.00129. The molecule has 0 rings (SSSR count). The number of carbonyl (C=O) groups is 1. The van der Waals surface area contributed by atoms with Gasteiger partial charge in [-0.25, -0.2) is 0 Å². The Labute approximate surface area is 88.9 Å². The summed E-state index contributed by atoms with van der Waals surface area (Å²) in [7, 11) is 0. The predicted octanol–water partition coefficient (Wildman–Crippen LogP) is 1.08. The maximum atomic E-state index is 11.1. The second kappa shape index (κ2) is 6.94. The topological polar surface area (TPSA) is 82.0 Å². The summed E-state index contributed by atoms with van der Waals surface area (Å²) in [5.74, 6) is -0.263. The van der Waals surface area contributed by atoms with E-state index in [2.05, 4.69) is 10.6 Å². The van der Waals surface area contributed by atoms with Gasteiger partial charge < -0.3 is 5.32 Å². The number of nitrogens with one attached hydrogen (secondary N) is 1. The van der Waals surface area contributed by atoms with Gasteiger partial charge in [-0.3, -0.25) is 10.0 Å². The van der Waals surface area contributed by atoms with Crippen molar-refractivity contribution in [2.24, 2.45) is 11.2 Å². The lowest BCUT2D eigenvalue weighted by Gasteiger charge is -2.23. The quantitative estimate of drug-likeness (QED) is 0.394. The van der Waals surface area contributed by atoms with E-state index in [1.54, 1.807) is 13.0 Å². The molecular formula is C9H17N3O3. The minimum Gasteiger partial charge on any atom is -0.350 e. The zero-order valence-electron chi connectivity index (χ0n) is 9.17. The fourth-order valence-electron chi connectivity index (χ4n) is 1.06. The molecular weight excluding hydrogens is 198 g/mol. The zero-order valence-corrected chi connectivity index (χ0v) is 9.17. The Hall–Kier alpha value is -1.43. The maximum Gasteiger partial charge on any atom is 0.243 e. The van der Waals surface area contributed by atoms with Crippen LogP contribution in [0, 0.1) is 10.8 Å². The van der Waals surface area contributed by atoms with Gasteiger partial charge in [-0.15, -0.1) is 10.1 Å². The average molecular weight is 215 g/mol. The summed E-state index contributed by atoms with van der Waals surface area (Å²) in [5, 5.41) is 14.4. The minimum atomic E-state index is -0.517. The number of hydroxylamine groups is 1. The van der Waals surface area contributed by atoms with Crippen molar-refractivity contribution in [1.82, 2.24) is 10.5 Å². The van der Waals surface area contributed by atoms with Gasteiger partial charge in [-0.05, 0) is 18.9 Å². The van der Waals surface area contributed by atoms with Crippen LogP contribution in [0.4, 0.5) is 0 Å². The van der Waals surface area contributed by atoms with E-state index in [1.807, 2.05) is 13.8 Å². The molecule has 15 heavy (non-hydrogen) atoms. The lowest BCUT2D eigenvalue weighted by atomic mass is 10.1. The van der Waals surface area contributed by atoms with Crippen LogP contribution in [0.3, 0.4) is 0 Å². The summed E-state index contributed by atoms with van der Waals surface area (Å²) < 4.78 is 0. The molecule has 0 aliphatic carbocycles. The Morgan fingerprint density at radius 2 is 2.20 bits per heavy atom. The first-order chi connectivity index (χ1) is 7.02. The van der Waals surface area contributed by atoms with Gasteiger partial charge in [0.25, 0.3) is 0 Å². The van der Waals surface area contributed by atoms with Crippen molar-refractivity contribution in [3.05, 3.63) is 17.1 Å². The number of hydrogen-bond acceptors (Lipinski definition) is 4. The molecule has 1 unspecified atom stereocenters. The molecule has 1 amide bonds. The second-order valence-corrected chi connectivity index (χ2v) is 3.46. The number of nitroso groups, excluding NO2 is 1. The molecule has 0 saturated heterocycles. The van der Waals surface area contributed by atoms with Crippen molar-refractivity contribution in [1.29, 1.82) is 0 Å². The lowest BCUT2D eigenvalue weighted by molar-refractivity contribution is -0.140. The van der Waals surface area contributed by atoms with Crippen LogP contribution in [0.15, 0.2) is 17.4 Å². The third kappa shape index (κ3) is 5.11. The summed E-state index contributed by atoms with van der Waals surface area (Å²) in [6.45, 7) is 5.54. The Bertz CT molecular complexity index is 241. The fraction of sp³-hybridized carbons (Fsp3) is 0.667. The molecule has 6 nitrogen and oxygen atoms in total. The largest absolute Gasteiger partial charge is 0.350 e. The molecule has 0 spiro atoms. The normalized spacial score (nSPS) is 12.9. The molecule has 0 aromatic heterocycles. The molecule has 6 heteroatoms. The van der Waals surface area contributed by atoms with Crippen LogP contribution < -0.4 is 5.32 Å². The van der Waals surface area contributed by atoms with Crippen molar-refractivity contribution in [3.8, 4) is 0 Å². The summed E-state index contributed by atoms with van der Waals surface area (Å²) >= 11 is 0. The highest BCUT2D eigenvalue weighted by Crippen LogP contribution is 2.07. The zero-order chi connectivity index (χ0) is 11.8. The van der Waals surface area contributed by atoms with Gasteiger partial charge in [0.1, 0.15) is 0 Å². The van der Waals surface area contributed by atoms with E-state index in [0.717, 1.165) is 0 Å². The SMILES string of the molecule is C/C=C/C(=O)NCC(C(C)C)N(O)N=O. The lowest BCUT2D eigenvalue weighted by Crippen LogP contribution is -2.42. The van der Waals surface area contributed by atoms with E-state index in [0.29, 0.717) is 5.17 Å². The van der Waals surface area contributed by atoms with Gasteiger partial charge in [0, 0.05) is 6.54 Å². The van der Waals surface area contributed by atoms with Gasteiger partial charge >= 0.3 is 0 Å². The van der Waals surface area contributed by atoms with Crippen LogP contribution in [-0.2, 0) is 4.79 Å². The van der Waals surface area contributed by atoms with Crippen molar-refractivity contribution in [3.63, 3.8) is 0 Å². The Kier molecular flexibility index (Phi) is 6.28. The average Bonchev–Trinajstić information content (AvgIpc) is 2.17. The monoisotopic (exact) mass is 215 g/mol. The Balaban J connectivity index is 4.18. The molecule has 0 radical (unpaired) electrons. The van der Waals surface area contributed by atoms with Gasteiger partial charge in [0.05, 0.1) is 11.3 Å². The van der Waals surface area contributed by atoms with Crippen molar-refractivity contribution >= 4 is 5.91 Å². The third-order valence-corrected chi connectivity index (χ3v) is 1.95. The number of amides is 1. The van der Waals surface area contributed by atoms with Gasteiger partial charge in [-0.1, -0.05) is 19.9 Å². The Morgan fingerprint density at radius 1 is 1.60 bits per heavy atom. The first-order valence-corrected chi connectivity index (χ1v) is 4.74. The molecule has 2 N–H and O–H groups in total. The molecule has 0 aliphatic heterocycles. The molecule has 0 bridgehead atoms. The van der Waals surface area contributed by atoms with Crippen LogP contribution >= 0.6 is 0 Å². The van der Waals surface area contributed by atoms with Crippen LogP contribution in [0.1, 0.15) is 20.8 Å². The summed E-state index contributed by atoms with van der Waals surface area (Å²) in [6.07, 6.45) is 2.97. The first kappa shape index (κ1) is 13.6. The van der Waals surface area contributed by atoms with E-state index in [1.165, 1.54) is 6.08 Å². The van der Waals surface area contributed by atoms with Crippen LogP contribution in [-0.4, -0.2) is 28.9 Å². The number of allylic oxidation sites excluding steroid dienone is 1. The molecule has 0 heterocycles. The van der Waals surface area contributed by atoms with Gasteiger partial charge in [0.15, 0.2) is 0 Å². The number of nitrogens with zero attached hydrogens (tertiary/aromatic N) is 2. The highest BCUT2D eigenvalue weighted by Gasteiger charge is 2.20. The van der Waals surface area contributed by atoms with Crippen molar-refractivity contribution in [2.45, 2.75) is 26.8 Å². The maximum absolute atomic E-state index is 11.1. The summed E-state index contributed by atoms with van der Waals surface area (Å²) in [5.41, 5.74) is 0. The van der Waals surface area contributed by atoms with E-state index >= 15 is 0 Å². The van der Waals surface area contributed by atoms with E-state index < -0.39 is 6.04 Å². The molecule has 0 fully saturated rings. The summed E-state index contributed by atoms with van der Waals surface area (Å²) in [4.78, 5) is 21.2. The van der Waals surface area contributed by atoms with E-state index in [-0.39, 0.29) is 18.4 Å².